The Hall–Kier alpha value is -0.540. The number of halogens is 2. The predicted octanol–water partition coefficient (Wildman–Crippen LogP) is 2.88. The molecule has 0 bridgehead atoms. The molecule has 0 fully saturated rings. The predicted molar refractivity (Wildman–Crippen MR) is 56.5 cm³/mol. The lowest BCUT2D eigenvalue weighted by Gasteiger charge is -2.04. The second-order valence-corrected chi connectivity index (χ2v) is 3.84. The second kappa shape index (κ2) is 3.68. The maximum absolute atomic E-state index is 5.93. The summed E-state index contributed by atoms with van der Waals surface area (Å²) >= 11 is 9.33. The molecular formula is C9H7BrClNO. The minimum Gasteiger partial charge on any atom is -0.475 e. The van der Waals surface area contributed by atoms with E-state index in [1.807, 2.05) is 18.2 Å². The first kappa shape index (κ1) is 9.03. The number of hydrogen-bond donors (Lipinski definition) is 0. The molecule has 1 aliphatic rings. The van der Waals surface area contributed by atoms with E-state index in [0.29, 0.717) is 17.5 Å². The molecule has 1 aromatic rings. The van der Waals surface area contributed by atoms with E-state index in [-0.39, 0.29) is 0 Å². The highest BCUT2D eigenvalue weighted by atomic mass is 79.9. The molecule has 0 aliphatic carbocycles. The standard InChI is InChI=1S/C9H7BrClNO/c10-8-6(2-1-3-7(8)11)9-12-4-5-13-9/h1-3H,4-5H2. The maximum Gasteiger partial charge on any atom is 0.217 e. The van der Waals surface area contributed by atoms with Crippen molar-refractivity contribution in [1.29, 1.82) is 0 Å². The molecule has 0 aromatic heterocycles. The van der Waals surface area contributed by atoms with Crippen molar-refractivity contribution in [1.82, 2.24) is 0 Å². The molecule has 0 unspecified atom stereocenters. The van der Waals surface area contributed by atoms with Crippen LogP contribution in [0.15, 0.2) is 27.7 Å². The summed E-state index contributed by atoms with van der Waals surface area (Å²) in [5.41, 5.74) is 0.921. The van der Waals surface area contributed by atoms with Gasteiger partial charge in [0.15, 0.2) is 0 Å². The molecule has 1 aromatic carbocycles. The highest BCUT2D eigenvalue weighted by molar-refractivity contribution is 9.10. The van der Waals surface area contributed by atoms with Crippen molar-refractivity contribution in [2.24, 2.45) is 4.99 Å². The SMILES string of the molecule is Clc1cccc(C2=NCCO2)c1Br. The summed E-state index contributed by atoms with van der Waals surface area (Å²) < 4.78 is 6.18. The average molecular weight is 261 g/mol. The van der Waals surface area contributed by atoms with Gasteiger partial charge >= 0.3 is 0 Å². The Balaban J connectivity index is 2.45. The van der Waals surface area contributed by atoms with Crippen LogP contribution in [0.2, 0.25) is 5.02 Å². The normalized spacial score (nSPS) is 15.4. The molecule has 2 nitrogen and oxygen atoms in total. The third kappa shape index (κ3) is 1.71. The Kier molecular flexibility index (Phi) is 2.56. The summed E-state index contributed by atoms with van der Waals surface area (Å²) in [6.07, 6.45) is 0. The first-order valence-electron chi connectivity index (χ1n) is 3.90. The molecule has 13 heavy (non-hydrogen) atoms. The zero-order valence-corrected chi connectivity index (χ0v) is 9.10. The van der Waals surface area contributed by atoms with Crippen molar-refractivity contribution in [3.05, 3.63) is 33.3 Å². The van der Waals surface area contributed by atoms with Crippen LogP contribution in [0.25, 0.3) is 0 Å². The number of nitrogens with zero attached hydrogens (tertiary/aromatic N) is 1. The van der Waals surface area contributed by atoms with Crippen LogP contribution in [0, 0.1) is 0 Å². The number of aliphatic imine (C=N–C) groups is 1. The quantitative estimate of drug-likeness (QED) is 0.761. The molecule has 1 aliphatic heterocycles. The summed E-state index contributed by atoms with van der Waals surface area (Å²) in [7, 11) is 0. The zero-order valence-electron chi connectivity index (χ0n) is 6.76. The number of ether oxygens (including phenoxy) is 1. The van der Waals surface area contributed by atoms with Gasteiger partial charge in [-0.1, -0.05) is 17.7 Å². The zero-order chi connectivity index (χ0) is 9.26. The smallest absolute Gasteiger partial charge is 0.217 e. The number of hydrogen-bond acceptors (Lipinski definition) is 2. The molecule has 0 N–H and O–H groups in total. The van der Waals surface area contributed by atoms with Gasteiger partial charge in [-0.25, -0.2) is 4.99 Å². The summed E-state index contributed by atoms with van der Waals surface area (Å²) in [5.74, 6) is 0.675. The molecule has 4 heteroatoms. The van der Waals surface area contributed by atoms with Crippen molar-refractivity contribution in [2.75, 3.05) is 13.2 Å². The Morgan fingerprint density at radius 1 is 1.46 bits per heavy atom. The molecule has 1 heterocycles. The van der Waals surface area contributed by atoms with E-state index in [4.69, 9.17) is 16.3 Å². The number of rotatable bonds is 1. The van der Waals surface area contributed by atoms with Crippen LogP contribution in [0.1, 0.15) is 5.56 Å². The molecule has 0 saturated carbocycles. The summed E-state index contributed by atoms with van der Waals surface area (Å²) in [4.78, 5) is 4.21. The fourth-order valence-corrected chi connectivity index (χ4v) is 1.78. The highest BCUT2D eigenvalue weighted by Crippen LogP contribution is 2.27. The van der Waals surface area contributed by atoms with Gasteiger partial charge in [-0.15, -0.1) is 0 Å². The first-order valence-corrected chi connectivity index (χ1v) is 5.08. The van der Waals surface area contributed by atoms with Crippen LogP contribution >= 0.6 is 27.5 Å². The van der Waals surface area contributed by atoms with Gasteiger partial charge in [0.1, 0.15) is 6.61 Å². The van der Waals surface area contributed by atoms with Crippen LogP contribution in [0.3, 0.4) is 0 Å². The van der Waals surface area contributed by atoms with Gasteiger partial charge in [0.2, 0.25) is 5.90 Å². The Morgan fingerprint density at radius 2 is 2.31 bits per heavy atom. The van der Waals surface area contributed by atoms with Crippen molar-refractivity contribution < 1.29 is 4.74 Å². The van der Waals surface area contributed by atoms with E-state index in [1.54, 1.807) is 0 Å². The summed E-state index contributed by atoms with van der Waals surface area (Å²) in [6.45, 7) is 1.39. The number of benzene rings is 1. The van der Waals surface area contributed by atoms with Crippen LogP contribution in [-0.4, -0.2) is 19.0 Å². The molecule has 68 valence electrons. The molecule has 0 spiro atoms. The molecular weight excluding hydrogens is 253 g/mol. The van der Waals surface area contributed by atoms with Gasteiger partial charge in [-0.3, -0.25) is 0 Å². The summed E-state index contributed by atoms with van der Waals surface area (Å²) in [5, 5.41) is 0.677. The molecule has 0 atom stereocenters. The van der Waals surface area contributed by atoms with Crippen molar-refractivity contribution >= 4 is 33.4 Å². The van der Waals surface area contributed by atoms with Gasteiger partial charge in [-0.05, 0) is 28.1 Å². The summed E-state index contributed by atoms with van der Waals surface area (Å²) in [6, 6.07) is 5.64. The van der Waals surface area contributed by atoms with E-state index in [0.717, 1.165) is 16.6 Å². The minimum absolute atomic E-state index is 0.661. The molecule has 2 rings (SSSR count). The topological polar surface area (TPSA) is 21.6 Å². The van der Waals surface area contributed by atoms with Crippen molar-refractivity contribution in [3.63, 3.8) is 0 Å². The largest absolute Gasteiger partial charge is 0.475 e. The van der Waals surface area contributed by atoms with E-state index in [9.17, 15) is 0 Å². The lowest BCUT2D eigenvalue weighted by atomic mass is 10.2. The fraction of sp³-hybridized carbons (Fsp3) is 0.222. The van der Waals surface area contributed by atoms with Gasteiger partial charge in [-0.2, -0.15) is 0 Å². The molecule has 0 amide bonds. The van der Waals surface area contributed by atoms with Gasteiger partial charge in [0, 0.05) is 4.47 Å². The Bertz CT molecular complexity index is 365. The van der Waals surface area contributed by atoms with Crippen LogP contribution < -0.4 is 0 Å². The van der Waals surface area contributed by atoms with Gasteiger partial charge in [0.25, 0.3) is 0 Å². The van der Waals surface area contributed by atoms with Gasteiger partial charge < -0.3 is 4.74 Å². The highest BCUT2D eigenvalue weighted by Gasteiger charge is 2.14. The third-order valence-electron chi connectivity index (χ3n) is 1.77. The molecule has 0 saturated heterocycles. The van der Waals surface area contributed by atoms with E-state index in [1.165, 1.54) is 0 Å². The lowest BCUT2D eigenvalue weighted by molar-refractivity contribution is 0.348. The van der Waals surface area contributed by atoms with E-state index in [2.05, 4.69) is 20.9 Å². The molecule has 0 radical (unpaired) electrons. The fourth-order valence-electron chi connectivity index (χ4n) is 1.17. The lowest BCUT2D eigenvalue weighted by Crippen LogP contribution is -2.01. The van der Waals surface area contributed by atoms with Gasteiger partial charge in [0.05, 0.1) is 17.1 Å². The van der Waals surface area contributed by atoms with E-state index >= 15 is 0 Å². The monoisotopic (exact) mass is 259 g/mol. The minimum atomic E-state index is 0.661. The first-order chi connectivity index (χ1) is 6.29. The van der Waals surface area contributed by atoms with Crippen molar-refractivity contribution in [3.8, 4) is 0 Å². The Morgan fingerprint density at radius 3 is 3.00 bits per heavy atom. The maximum atomic E-state index is 5.93. The average Bonchev–Trinajstić information content (AvgIpc) is 2.62. The van der Waals surface area contributed by atoms with Crippen LogP contribution in [0.4, 0.5) is 0 Å². The van der Waals surface area contributed by atoms with E-state index < -0.39 is 0 Å². The van der Waals surface area contributed by atoms with Crippen LogP contribution in [-0.2, 0) is 4.74 Å². The van der Waals surface area contributed by atoms with Crippen LogP contribution in [0.5, 0.6) is 0 Å². The second-order valence-electron chi connectivity index (χ2n) is 2.64. The third-order valence-corrected chi connectivity index (χ3v) is 3.17. The Labute approximate surface area is 89.7 Å². The van der Waals surface area contributed by atoms with Crippen molar-refractivity contribution in [2.45, 2.75) is 0 Å².